The van der Waals surface area contributed by atoms with Crippen molar-refractivity contribution in [3.8, 4) is 0 Å². The molecule has 0 saturated heterocycles. The van der Waals surface area contributed by atoms with E-state index in [1.807, 2.05) is 0 Å². The van der Waals surface area contributed by atoms with E-state index in [0.29, 0.717) is 19.8 Å². The Labute approximate surface area is 169 Å². The summed E-state index contributed by atoms with van der Waals surface area (Å²) in [5, 5.41) is 8.60. The quantitative estimate of drug-likeness (QED) is 0.150. The molecule has 0 radical (unpaired) electrons. The van der Waals surface area contributed by atoms with Gasteiger partial charge in [-0.1, -0.05) is 110 Å². The highest BCUT2D eigenvalue weighted by atomic mass is 16.5. The van der Waals surface area contributed by atoms with Crippen LogP contribution in [0, 0.1) is 0 Å². The molecule has 3 nitrogen and oxygen atoms in total. The molecule has 3 heteroatoms. The molecule has 0 unspecified atom stereocenters. The largest absolute Gasteiger partial charge is 0.496 e. The Balaban J connectivity index is 3.09. The van der Waals surface area contributed by atoms with Gasteiger partial charge in [-0.25, -0.2) is 0 Å². The molecule has 0 aromatic heterocycles. The summed E-state index contributed by atoms with van der Waals surface area (Å²) in [4.78, 5) is 0. The normalized spacial score (nSPS) is 11.0. The Kier molecular flexibility index (Phi) is 23.0. The summed E-state index contributed by atoms with van der Waals surface area (Å²) in [6, 6.07) is 0. The molecular formula is C24H48O3. The van der Waals surface area contributed by atoms with Gasteiger partial charge in [0.1, 0.15) is 6.61 Å². The fourth-order valence-electron chi connectivity index (χ4n) is 3.35. The summed E-state index contributed by atoms with van der Waals surface area (Å²) in [5.41, 5.74) is 0. The average molecular weight is 385 g/mol. The van der Waals surface area contributed by atoms with Gasteiger partial charge in [-0.05, 0) is 6.42 Å². The average Bonchev–Trinajstić information content (AvgIpc) is 2.67. The van der Waals surface area contributed by atoms with Gasteiger partial charge >= 0.3 is 0 Å². The van der Waals surface area contributed by atoms with Crippen LogP contribution in [0.15, 0.2) is 12.3 Å². The summed E-state index contributed by atoms with van der Waals surface area (Å²) < 4.78 is 10.7. The van der Waals surface area contributed by atoms with Crippen LogP contribution in [0.1, 0.15) is 116 Å². The SMILES string of the molecule is C=C(CCCCCCCCCCCCCCCCCC)OCCOCCO. The molecule has 0 atom stereocenters. The Bertz CT molecular complexity index is 291. The maximum atomic E-state index is 8.60. The Morgan fingerprint density at radius 3 is 1.52 bits per heavy atom. The van der Waals surface area contributed by atoms with Crippen molar-refractivity contribution >= 4 is 0 Å². The van der Waals surface area contributed by atoms with Crippen molar-refractivity contribution in [1.82, 2.24) is 0 Å². The molecule has 0 saturated carbocycles. The van der Waals surface area contributed by atoms with Crippen molar-refractivity contribution in [3.63, 3.8) is 0 Å². The summed E-state index contributed by atoms with van der Waals surface area (Å²) in [7, 11) is 0. The fourth-order valence-corrected chi connectivity index (χ4v) is 3.35. The Morgan fingerprint density at radius 1 is 0.630 bits per heavy atom. The number of hydrogen-bond donors (Lipinski definition) is 1. The zero-order chi connectivity index (χ0) is 19.8. The van der Waals surface area contributed by atoms with Gasteiger partial charge in [0.15, 0.2) is 0 Å². The molecule has 27 heavy (non-hydrogen) atoms. The molecule has 0 aliphatic carbocycles. The topological polar surface area (TPSA) is 38.7 Å². The lowest BCUT2D eigenvalue weighted by Gasteiger charge is -2.09. The zero-order valence-corrected chi connectivity index (χ0v) is 18.3. The Hall–Kier alpha value is -0.540. The van der Waals surface area contributed by atoms with Gasteiger partial charge in [0, 0.05) is 6.42 Å². The van der Waals surface area contributed by atoms with Gasteiger partial charge in [-0.3, -0.25) is 0 Å². The van der Waals surface area contributed by atoms with Gasteiger partial charge < -0.3 is 14.6 Å². The number of unbranched alkanes of at least 4 members (excludes halogenated alkanes) is 15. The van der Waals surface area contributed by atoms with Crippen molar-refractivity contribution < 1.29 is 14.6 Å². The lowest BCUT2D eigenvalue weighted by molar-refractivity contribution is 0.0523. The third-order valence-corrected chi connectivity index (χ3v) is 5.08. The predicted octanol–water partition coefficient (Wildman–Crippen LogP) is 7.18. The first-order valence-electron chi connectivity index (χ1n) is 11.8. The van der Waals surface area contributed by atoms with Crippen LogP contribution in [-0.4, -0.2) is 31.5 Å². The summed E-state index contributed by atoms with van der Waals surface area (Å²) in [6.45, 7) is 7.76. The van der Waals surface area contributed by atoms with E-state index in [2.05, 4.69) is 13.5 Å². The number of aliphatic hydroxyl groups is 1. The minimum atomic E-state index is 0.0696. The molecule has 0 bridgehead atoms. The highest BCUT2D eigenvalue weighted by Gasteiger charge is 1.98. The molecule has 0 fully saturated rings. The lowest BCUT2D eigenvalue weighted by atomic mass is 10.0. The van der Waals surface area contributed by atoms with Crippen LogP contribution >= 0.6 is 0 Å². The van der Waals surface area contributed by atoms with E-state index in [0.717, 1.165) is 12.2 Å². The van der Waals surface area contributed by atoms with Crippen molar-refractivity contribution in [3.05, 3.63) is 12.3 Å². The Morgan fingerprint density at radius 2 is 1.07 bits per heavy atom. The number of aliphatic hydroxyl groups excluding tert-OH is 1. The van der Waals surface area contributed by atoms with E-state index in [4.69, 9.17) is 14.6 Å². The lowest BCUT2D eigenvalue weighted by Crippen LogP contribution is -2.06. The summed E-state index contributed by atoms with van der Waals surface area (Å²) in [6.07, 6.45) is 23.3. The molecule has 0 aliphatic heterocycles. The van der Waals surface area contributed by atoms with E-state index in [9.17, 15) is 0 Å². The fraction of sp³-hybridized carbons (Fsp3) is 0.917. The van der Waals surface area contributed by atoms with E-state index in [1.54, 1.807) is 0 Å². The van der Waals surface area contributed by atoms with Crippen molar-refractivity contribution in [2.45, 2.75) is 116 Å². The molecule has 0 aromatic rings. The van der Waals surface area contributed by atoms with Crippen LogP contribution in [0.25, 0.3) is 0 Å². The maximum absolute atomic E-state index is 8.60. The first kappa shape index (κ1) is 26.5. The van der Waals surface area contributed by atoms with Gasteiger partial charge in [-0.2, -0.15) is 0 Å². The molecule has 0 heterocycles. The highest BCUT2D eigenvalue weighted by Crippen LogP contribution is 2.15. The standard InChI is InChI=1S/C24H48O3/c1-3-4-5-6-7-8-9-10-11-12-13-14-15-16-17-18-19-24(2)27-23-22-26-21-20-25/h25H,2-23H2,1H3. The van der Waals surface area contributed by atoms with E-state index < -0.39 is 0 Å². The minimum Gasteiger partial charge on any atom is -0.496 e. The third kappa shape index (κ3) is 23.4. The van der Waals surface area contributed by atoms with Crippen LogP contribution in [0.5, 0.6) is 0 Å². The highest BCUT2D eigenvalue weighted by molar-refractivity contribution is 4.81. The number of allylic oxidation sites excluding steroid dienone is 1. The van der Waals surface area contributed by atoms with Crippen LogP contribution in [0.4, 0.5) is 0 Å². The third-order valence-electron chi connectivity index (χ3n) is 5.08. The van der Waals surface area contributed by atoms with Gasteiger partial charge in [0.25, 0.3) is 0 Å². The second kappa shape index (κ2) is 23.5. The van der Waals surface area contributed by atoms with Crippen LogP contribution in [0.3, 0.4) is 0 Å². The zero-order valence-electron chi connectivity index (χ0n) is 18.3. The number of ether oxygens (including phenoxy) is 2. The van der Waals surface area contributed by atoms with Gasteiger partial charge in [0.2, 0.25) is 0 Å². The predicted molar refractivity (Wildman–Crippen MR) is 117 cm³/mol. The summed E-state index contributed by atoms with van der Waals surface area (Å²) >= 11 is 0. The van der Waals surface area contributed by atoms with Crippen molar-refractivity contribution in [1.29, 1.82) is 0 Å². The van der Waals surface area contributed by atoms with Crippen LogP contribution in [-0.2, 0) is 9.47 Å². The van der Waals surface area contributed by atoms with E-state index in [1.165, 1.54) is 103 Å². The van der Waals surface area contributed by atoms with Crippen LogP contribution < -0.4 is 0 Å². The molecule has 0 aliphatic rings. The minimum absolute atomic E-state index is 0.0696. The van der Waals surface area contributed by atoms with Crippen LogP contribution in [0.2, 0.25) is 0 Å². The first-order valence-corrected chi connectivity index (χ1v) is 11.8. The van der Waals surface area contributed by atoms with Gasteiger partial charge in [-0.15, -0.1) is 0 Å². The molecule has 0 aromatic carbocycles. The molecule has 0 rings (SSSR count). The molecule has 1 N–H and O–H groups in total. The number of rotatable bonds is 23. The van der Waals surface area contributed by atoms with Crippen molar-refractivity contribution in [2.75, 3.05) is 26.4 Å². The molecule has 0 amide bonds. The monoisotopic (exact) mass is 384 g/mol. The van der Waals surface area contributed by atoms with E-state index >= 15 is 0 Å². The van der Waals surface area contributed by atoms with Crippen molar-refractivity contribution in [2.24, 2.45) is 0 Å². The molecule has 162 valence electrons. The number of hydrogen-bond acceptors (Lipinski definition) is 3. The first-order chi connectivity index (χ1) is 13.3. The smallest absolute Gasteiger partial charge is 0.111 e. The summed E-state index contributed by atoms with van der Waals surface area (Å²) in [5.74, 6) is 0.868. The molecular weight excluding hydrogens is 336 g/mol. The maximum Gasteiger partial charge on any atom is 0.111 e. The molecule has 0 spiro atoms. The second-order valence-corrected chi connectivity index (χ2v) is 7.78. The van der Waals surface area contributed by atoms with Gasteiger partial charge in [0.05, 0.1) is 25.6 Å². The van der Waals surface area contributed by atoms with E-state index in [-0.39, 0.29) is 6.61 Å². The second-order valence-electron chi connectivity index (χ2n) is 7.78.